The van der Waals surface area contributed by atoms with Crippen LogP contribution >= 0.6 is 11.6 Å². The van der Waals surface area contributed by atoms with Crippen LogP contribution in [0.4, 0.5) is 0 Å². The molecule has 1 amide bonds. The van der Waals surface area contributed by atoms with E-state index in [2.05, 4.69) is 15.5 Å². The Balaban J connectivity index is 1.47. The predicted molar refractivity (Wildman–Crippen MR) is 103 cm³/mol. The third kappa shape index (κ3) is 5.31. The fraction of sp³-hybridized carbons (Fsp3) is 0.250. The Labute approximate surface area is 162 Å². The lowest BCUT2D eigenvalue weighted by atomic mass is 10.1. The van der Waals surface area contributed by atoms with Crippen molar-refractivity contribution in [3.63, 3.8) is 0 Å². The molecular formula is C20H20ClN3O3. The summed E-state index contributed by atoms with van der Waals surface area (Å²) in [4.78, 5) is 16.4. The van der Waals surface area contributed by atoms with Crippen LogP contribution in [0.3, 0.4) is 0 Å². The largest absolute Gasteiger partial charge is 0.494 e. The number of rotatable bonds is 8. The number of carbonyl (C=O) groups excluding carboxylic acids is 1. The molecule has 1 heterocycles. The fourth-order valence-corrected chi connectivity index (χ4v) is 2.76. The SMILES string of the molecule is CCOc1ccc(CC(=O)NCCc2nc(-c3ccccc3Cl)no2)cc1. The van der Waals surface area contributed by atoms with Crippen LogP contribution in [0.15, 0.2) is 53.1 Å². The summed E-state index contributed by atoms with van der Waals surface area (Å²) in [5.74, 6) is 1.62. The van der Waals surface area contributed by atoms with Gasteiger partial charge in [-0.3, -0.25) is 4.79 Å². The van der Waals surface area contributed by atoms with E-state index >= 15 is 0 Å². The minimum Gasteiger partial charge on any atom is -0.494 e. The lowest BCUT2D eigenvalue weighted by Crippen LogP contribution is -2.27. The molecule has 0 unspecified atom stereocenters. The third-order valence-electron chi connectivity index (χ3n) is 3.84. The number of nitrogens with one attached hydrogen (secondary N) is 1. The second kappa shape index (κ2) is 9.19. The van der Waals surface area contributed by atoms with Crippen LogP contribution in [-0.4, -0.2) is 29.2 Å². The lowest BCUT2D eigenvalue weighted by molar-refractivity contribution is -0.120. The number of aromatic nitrogens is 2. The minimum absolute atomic E-state index is 0.0648. The van der Waals surface area contributed by atoms with Gasteiger partial charge in [0.1, 0.15) is 5.75 Å². The Kier molecular flexibility index (Phi) is 6.44. The number of benzene rings is 2. The van der Waals surface area contributed by atoms with Gasteiger partial charge >= 0.3 is 0 Å². The molecule has 6 nitrogen and oxygen atoms in total. The smallest absolute Gasteiger partial charge is 0.228 e. The van der Waals surface area contributed by atoms with Gasteiger partial charge in [0.25, 0.3) is 0 Å². The Hall–Kier alpha value is -2.86. The summed E-state index contributed by atoms with van der Waals surface area (Å²) in [6.45, 7) is 2.97. The van der Waals surface area contributed by atoms with Gasteiger partial charge in [-0.15, -0.1) is 0 Å². The van der Waals surface area contributed by atoms with Crippen LogP contribution < -0.4 is 10.1 Å². The van der Waals surface area contributed by atoms with Gasteiger partial charge in [-0.1, -0.05) is 41.0 Å². The van der Waals surface area contributed by atoms with E-state index < -0.39 is 0 Å². The molecule has 1 N–H and O–H groups in total. The lowest BCUT2D eigenvalue weighted by Gasteiger charge is -2.06. The van der Waals surface area contributed by atoms with Crippen LogP contribution in [0.1, 0.15) is 18.4 Å². The van der Waals surface area contributed by atoms with Crippen molar-refractivity contribution in [2.75, 3.05) is 13.2 Å². The van der Waals surface area contributed by atoms with E-state index in [0.29, 0.717) is 48.3 Å². The molecule has 0 bridgehead atoms. The first kappa shape index (κ1) is 18.9. The van der Waals surface area contributed by atoms with E-state index in [-0.39, 0.29) is 5.91 Å². The molecule has 7 heteroatoms. The topological polar surface area (TPSA) is 77.2 Å². The van der Waals surface area contributed by atoms with E-state index in [0.717, 1.165) is 11.3 Å². The van der Waals surface area contributed by atoms with Crippen LogP contribution in [0.5, 0.6) is 5.75 Å². The normalized spacial score (nSPS) is 10.6. The Morgan fingerprint density at radius 1 is 1.19 bits per heavy atom. The molecule has 0 fully saturated rings. The van der Waals surface area contributed by atoms with Gasteiger partial charge < -0.3 is 14.6 Å². The maximum absolute atomic E-state index is 12.1. The van der Waals surface area contributed by atoms with Gasteiger partial charge in [-0.2, -0.15) is 4.98 Å². The number of ether oxygens (including phenoxy) is 1. The Morgan fingerprint density at radius 3 is 2.70 bits per heavy atom. The van der Waals surface area contributed by atoms with E-state index in [4.69, 9.17) is 20.9 Å². The van der Waals surface area contributed by atoms with Crippen molar-refractivity contribution in [3.05, 3.63) is 65.0 Å². The van der Waals surface area contributed by atoms with Crippen molar-refractivity contribution < 1.29 is 14.1 Å². The third-order valence-corrected chi connectivity index (χ3v) is 4.17. The van der Waals surface area contributed by atoms with Gasteiger partial charge in [0.05, 0.1) is 18.1 Å². The molecule has 140 valence electrons. The monoisotopic (exact) mass is 385 g/mol. The first-order valence-corrected chi connectivity index (χ1v) is 9.09. The summed E-state index contributed by atoms with van der Waals surface area (Å²) in [6.07, 6.45) is 0.758. The summed E-state index contributed by atoms with van der Waals surface area (Å²) in [7, 11) is 0. The molecule has 0 atom stereocenters. The molecule has 0 radical (unpaired) electrons. The van der Waals surface area contributed by atoms with Gasteiger partial charge in [-0.05, 0) is 36.8 Å². The zero-order valence-corrected chi connectivity index (χ0v) is 15.7. The highest BCUT2D eigenvalue weighted by atomic mass is 35.5. The summed E-state index contributed by atoms with van der Waals surface area (Å²) in [6, 6.07) is 14.8. The summed E-state index contributed by atoms with van der Waals surface area (Å²) >= 11 is 6.13. The molecule has 0 saturated carbocycles. The number of nitrogens with zero attached hydrogens (tertiary/aromatic N) is 2. The summed E-state index contributed by atoms with van der Waals surface area (Å²) < 4.78 is 10.6. The molecule has 0 spiro atoms. The minimum atomic E-state index is -0.0648. The molecule has 0 aliphatic rings. The molecule has 3 aromatic rings. The van der Waals surface area contributed by atoms with Crippen molar-refractivity contribution in [2.45, 2.75) is 19.8 Å². The van der Waals surface area contributed by atoms with Crippen molar-refractivity contribution in [1.29, 1.82) is 0 Å². The number of carbonyl (C=O) groups is 1. The van der Waals surface area contributed by atoms with Gasteiger partial charge in [0.2, 0.25) is 17.6 Å². The highest BCUT2D eigenvalue weighted by molar-refractivity contribution is 6.33. The zero-order chi connectivity index (χ0) is 19.1. The second-order valence-electron chi connectivity index (χ2n) is 5.85. The van der Waals surface area contributed by atoms with Crippen LogP contribution in [-0.2, 0) is 17.6 Å². The van der Waals surface area contributed by atoms with Crippen LogP contribution in [0.25, 0.3) is 11.4 Å². The molecule has 1 aromatic heterocycles. The van der Waals surface area contributed by atoms with Crippen LogP contribution in [0.2, 0.25) is 5.02 Å². The Bertz CT molecular complexity index is 893. The average molecular weight is 386 g/mol. The van der Waals surface area contributed by atoms with Gasteiger partial charge in [0.15, 0.2) is 0 Å². The first-order chi connectivity index (χ1) is 13.2. The standard InChI is InChI=1S/C20H20ClN3O3/c1-2-26-15-9-7-14(8-10-15)13-18(25)22-12-11-19-23-20(24-27-19)16-5-3-4-6-17(16)21/h3-10H,2,11-13H2,1H3,(H,22,25). The molecular weight excluding hydrogens is 366 g/mol. The maximum Gasteiger partial charge on any atom is 0.228 e. The molecule has 2 aromatic carbocycles. The fourth-order valence-electron chi connectivity index (χ4n) is 2.54. The van der Waals surface area contributed by atoms with Crippen molar-refractivity contribution in [3.8, 4) is 17.1 Å². The van der Waals surface area contributed by atoms with Crippen molar-refractivity contribution in [1.82, 2.24) is 15.5 Å². The van der Waals surface area contributed by atoms with Crippen LogP contribution in [0, 0.1) is 0 Å². The highest BCUT2D eigenvalue weighted by Crippen LogP contribution is 2.24. The number of amides is 1. The first-order valence-electron chi connectivity index (χ1n) is 8.71. The summed E-state index contributed by atoms with van der Waals surface area (Å²) in [5, 5.41) is 7.36. The van der Waals surface area contributed by atoms with Crippen molar-refractivity contribution >= 4 is 17.5 Å². The summed E-state index contributed by atoms with van der Waals surface area (Å²) in [5.41, 5.74) is 1.64. The van der Waals surface area contributed by atoms with E-state index in [1.54, 1.807) is 6.07 Å². The predicted octanol–water partition coefficient (Wildman–Crippen LogP) is 3.69. The molecule has 0 aliphatic carbocycles. The molecule has 27 heavy (non-hydrogen) atoms. The van der Waals surface area contributed by atoms with Crippen molar-refractivity contribution in [2.24, 2.45) is 0 Å². The average Bonchev–Trinajstić information content (AvgIpc) is 3.12. The van der Waals surface area contributed by atoms with E-state index in [1.165, 1.54) is 0 Å². The quantitative estimate of drug-likeness (QED) is 0.639. The molecule has 0 saturated heterocycles. The highest BCUT2D eigenvalue weighted by Gasteiger charge is 2.11. The Morgan fingerprint density at radius 2 is 1.96 bits per heavy atom. The molecule has 0 aliphatic heterocycles. The second-order valence-corrected chi connectivity index (χ2v) is 6.25. The number of halogens is 1. The number of hydrogen-bond donors (Lipinski definition) is 1. The molecule has 3 rings (SSSR count). The van der Waals surface area contributed by atoms with E-state index in [9.17, 15) is 4.79 Å². The van der Waals surface area contributed by atoms with Gasteiger partial charge in [0, 0.05) is 18.5 Å². The van der Waals surface area contributed by atoms with E-state index in [1.807, 2.05) is 49.4 Å². The maximum atomic E-state index is 12.1. The zero-order valence-electron chi connectivity index (χ0n) is 14.9. The van der Waals surface area contributed by atoms with Gasteiger partial charge in [-0.25, -0.2) is 0 Å². The number of hydrogen-bond acceptors (Lipinski definition) is 5.